The normalized spacial score (nSPS) is 15.1. The van der Waals surface area contributed by atoms with E-state index in [-0.39, 0.29) is 42.2 Å². The molecule has 1 saturated heterocycles. The fourth-order valence-corrected chi connectivity index (χ4v) is 3.19. The van der Waals surface area contributed by atoms with Crippen LogP contribution in [0.4, 0.5) is 15.8 Å². The van der Waals surface area contributed by atoms with Crippen LogP contribution in [-0.4, -0.2) is 31.1 Å². The fraction of sp³-hybridized carbons (Fsp3) is 0.333. The zero-order valence-corrected chi connectivity index (χ0v) is 16.7. The lowest BCUT2D eigenvalue weighted by Crippen LogP contribution is -2.44. The fourth-order valence-electron chi connectivity index (χ4n) is 3.19. The number of carbonyl (C=O) groups excluding carboxylic acids is 2. The van der Waals surface area contributed by atoms with Gasteiger partial charge in [-0.1, -0.05) is 30.3 Å². The molecule has 1 heterocycles. The van der Waals surface area contributed by atoms with Crippen LogP contribution in [-0.2, 0) is 20.7 Å². The highest BCUT2D eigenvalue weighted by Gasteiger charge is 2.26. The Morgan fingerprint density at radius 3 is 2.48 bits per heavy atom. The highest BCUT2D eigenvalue weighted by atomic mass is 35.5. The predicted molar refractivity (Wildman–Crippen MR) is 113 cm³/mol. The molecule has 6 nitrogen and oxygen atoms in total. The predicted octanol–water partition coefficient (Wildman–Crippen LogP) is 3.12. The standard InChI is InChI=1S/C21H24FN3O3.ClH/c22-17-7-6-16(24-21(27)20(23)15-8-10-28-11-9-15)13-18(17)25-19(26)12-14-4-2-1-3-5-14;/h1-7,13,15,20H,8-12,23H2,(H,24,27)(H,25,26);1H. The molecule has 29 heavy (non-hydrogen) atoms. The van der Waals surface area contributed by atoms with Crippen LogP contribution in [0.2, 0.25) is 0 Å². The number of halogens is 2. The molecular formula is C21H25ClFN3O3. The molecule has 0 aromatic heterocycles. The van der Waals surface area contributed by atoms with Crippen LogP contribution in [0.3, 0.4) is 0 Å². The van der Waals surface area contributed by atoms with Gasteiger partial charge >= 0.3 is 0 Å². The molecule has 1 atom stereocenters. The van der Waals surface area contributed by atoms with Crippen LogP contribution in [0.15, 0.2) is 48.5 Å². The quantitative estimate of drug-likeness (QED) is 0.668. The van der Waals surface area contributed by atoms with Crippen LogP contribution in [0.1, 0.15) is 18.4 Å². The maximum absolute atomic E-state index is 14.1. The summed E-state index contributed by atoms with van der Waals surface area (Å²) in [5, 5.41) is 5.26. The van der Waals surface area contributed by atoms with Gasteiger partial charge in [0.1, 0.15) is 5.82 Å². The maximum Gasteiger partial charge on any atom is 0.241 e. The molecule has 3 rings (SSSR count). The van der Waals surface area contributed by atoms with E-state index < -0.39 is 11.9 Å². The number of hydrogen-bond donors (Lipinski definition) is 3. The van der Waals surface area contributed by atoms with Gasteiger partial charge < -0.3 is 21.1 Å². The summed E-state index contributed by atoms with van der Waals surface area (Å²) in [6.45, 7) is 1.19. The summed E-state index contributed by atoms with van der Waals surface area (Å²) < 4.78 is 19.4. The van der Waals surface area contributed by atoms with Gasteiger partial charge in [0.25, 0.3) is 0 Å². The molecule has 1 aliphatic rings. The minimum absolute atomic E-state index is 0. The second-order valence-corrected chi connectivity index (χ2v) is 6.87. The number of anilines is 2. The molecular weight excluding hydrogens is 397 g/mol. The van der Waals surface area contributed by atoms with E-state index in [1.54, 1.807) is 0 Å². The minimum Gasteiger partial charge on any atom is -0.381 e. The summed E-state index contributed by atoms with van der Waals surface area (Å²) in [4.78, 5) is 24.6. The van der Waals surface area contributed by atoms with Crippen molar-refractivity contribution in [3.8, 4) is 0 Å². The molecule has 4 N–H and O–H groups in total. The van der Waals surface area contributed by atoms with Crippen molar-refractivity contribution in [1.82, 2.24) is 0 Å². The molecule has 8 heteroatoms. The van der Waals surface area contributed by atoms with Crippen molar-refractivity contribution in [1.29, 1.82) is 0 Å². The molecule has 1 fully saturated rings. The number of hydrogen-bond acceptors (Lipinski definition) is 4. The summed E-state index contributed by atoms with van der Waals surface area (Å²) in [5.74, 6) is -1.19. The average molecular weight is 422 g/mol. The van der Waals surface area contributed by atoms with E-state index in [1.807, 2.05) is 30.3 Å². The second kappa shape index (κ2) is 10.9. The summed E-state index contributed by atoms with van der Waals surface area (Å²) in [6.07, 6.45) is 1.60. The smallest absolute Gasteiger partial charge is 0.241 e. The third-order valence-corrected chi connectivity index (χ3v) is 4.79. The third kappa shape index (κ3) is 6.52. The first-order chi connectivity index (χ1) is 13.5. The van der Waals surface area contributed by atoms with Crippen molar-refractivity contribution in [3.63, 3.8) is 0 Å². The van der Waals surface area contributed by atoms with Crippen LogP contribution in [0.5, 0.6) is 0 Å². The van der Waals surface area contributed by atoms with Crippen molar-refractivity contribution < 1.29 is 18.7 Å². The van der Waals surface area contributed by atoms with Gasteiger partial charge in [0.2, 0.25) is 11.8 Å². The molecule has 2 amide bonds. The first-order valence-corrected chi connectivity index (χ1v) is 9.30. The van der Waals surface area contributed by atoms with E-state index in [0.717, 1.165) is 18.4 Å². The second-order valence-electron chi connectivity index (χ2n) is 6.87. The Kier molecular flexibility index (Phi) is 8.57. The first kappa shape index (κ1) is 22.8. The largest absolute Gasteiger partial charge is 0.381 e. The Morgan fingerprint density at radius 1 is 1.10 bits per heavy atom. The van der Waals surface area contributed by atoms with Crippen molar-refractivity contribution in [2.75, 3.05) is 23.8 Å². The van der Waals surface area contributed by atoms with Gasteiger partial charge in [0.15, 0.2) is 0 Å². The monoisotopic (exact) mass is 421 g/mol. The number of amides is 2. The van der Waals surface area contributed by atoms with Crippen LogP contribution >= 0.6 is 12.4 Å². The van der Waals surface area contributed by atoms with Gasteiger partial charge in [-0.2, -0.15) is 0 Å². The molecule has 0 aliphatic carbocycles. The first-order valence-electron chi connectivity index (χ1n) is 9.30. The number of nitrogens with two attached hydrogens (primary N) is 1. The Labute approximate surface area is 175 Å². The third-order valence-electron chi connectivity index (χ3n) is 4.79. The minimum atomic E-state index is -0.662. The molecule has 0 radical (unpaired) electrons. The number of benzene rings is 2. The lowest BCUT2D eigenvalue weighted by Gasteiger charge is -2.26. The van der Waals surface area contributed by atoms with Crippen molar-refractivity contribution >= 4 is 35.6 Å². The van der Waals surface area contributed by atoms with Crippen LogP contribution in [0.25, 0.3) is 0 Å². The van der Waals surface area contributed by atoms with Crippen molar-refractivity contribution in [2.24, 2.45) is 11.7 Å². The zero-order valence-electron chi connectivity index (χ0n) is 15.9. The van der Waals surface area contributed by atoms with Crippen LogP contribution < -0.4 is 16.4 Å². The lowest BCUT2D eigenvalue weighted by molar-refractivity contribution is -0.119. The maximum atomic E-state index is 14.1. The van der Waals surface area contributed by atoms with Gasteiger partial charge in [-0.05, 0) is 42.5 Å². The zero-order chi connectivity index (χ0) is 19.9. The van der Waals surface area contributed by atoms with Gasteiger partial charge in [-0.25, -0.2) is 4.39 Å². The topological polar surface area (TPSA) is 93.5 Å². The number of nitrogens with one attached hydrogen (secondary N) is 2. The van der Waals surface area contributed by atoms with Gasteiger partial charge in [-0.3, -0.25) is 9.59 Å². The molecule has 156 valence electrons. The molecule has 0 bridgehead atoms. The summed E-state index contributed by atoms with van der Waals surface area (Å²) in [6, 6.07) is 12.6. The molecule has 0 spiro atoms. The van der Waals surface area contributed by atoms with Gasteiger partial charge in [-0.15, -0.1) is 12.4 Å². The van der Waals surface area contributed by atoms with E-state index in [1.165, 1.54) is 18.2 Å². The number of rotatable bonds is 6. The highest BCUT2D eigenvalue weighted by Crippen LogP contribution is 2.22. The van der Waals surface area contributed by atoms with Gasteiger partial charge in [0, 0.05) is 18.9 Å². The van der Waals surface area contributed by atoms with Crippen molar-refractivity contribution in [2.45, 2.75) is 25.3 Å². The Bertz CT molecular complexity index is 829. The number of ether oxygens (including phenoxy) is 1. The molecule has 2 aromatic carbocycles. The van der Waals surface area contributed by atoms with E-state index in [4.69, 9.17) is 10.5 Å². The Balaban J connectivity index is 0.00000300. The molecule has 0 saturated carbocycles. The molecule has 1 aliphatic heterocycles. The Hall–Kier alpha value is -2.48. The van der Waals surface area contributed by atoms with E-state index >= 15 is 0 Å². The van der Waals surface area contributed by atoms with Gasteiger partial charge in [0.05, 0.1) is 18.2 Å². The number of carbonyl (C=O) groups is 2. The molecule has 1 unspecified atom stereocenters. The summed E-state index contributed by atoms with van der Waals surface area (Å²) >= 11 is 0. The van der Waals surface area contributed by atoms with E-state index in [2.05, 4.69) is 10.6 Å². The highest BCUT2D eigenvalue weighted by molar-refractivity contribution is 5.97. The Morgan fingerprint density at radius 2 is 1.79 bits per heavy atom. The molecule has 2 aromatic rings. The summed E-state index contributed by atoms with van der Waals surface area (Å²) in [5.41, 5.74) is 7.28. The van der Waals surface area contributed by atoms with E-state index in [0.29, 0.717) is 18.9 Å². The summed E-state index contributed by atoms with van der Waals surface area (Å²) in [7, 11) is 0. The van der Waals surface area contributed by atoms with Crippen molar-refractivity contribution in [3.05, 3.63) is 59.9 Å². The van der Waals surface area contributed by atoms with Crippen LogP contribution in [0, 0.1) is 11.7 Å². The average Bonchev–Trinajstić information content (AvgIpc) is 2.71. The van der Waals surface area contributed by atoms with E-state index in [9.17, 15) is 14.0 Å². The SMILES string of the molecule is Cl.NC(C(=O)Nc1ccc(F)c(NC(=O)Cc2ccccc2)c1)C1CCOCC1. The lowest BCUT2D eigenvalue weighted by atomic mass is 9.92.